The van der Waals surface area contributed by atoms with Gasteiger partial charge in [-0.15, -0.1) is 11.6 Å². The Morgan fingerprint density at radius 1 is 1.50 bits per heavy atom. The molecule has 0 saturated carbocycles. The number of halogens is 1. The van der Waals surface area contributed by atoms with Crippen LogP contribution in [0.5, 0.6) is 0 Å². The molecule has 0 aromatic heterocycles. The summed E-state index contributed by atoms with van der Waals surface area (Å²) in [5.74, 6) is 0.0924. The summed E-state index contributed by atoms with van der Waals surface area (Å²) in [7, 11) is 0. The molecular weight excluding hydrogens is 198 g/mol. The minimum absolute atomic E-state index is 0.0160. The maximum Gasteiger partial charge on any atom is 0.238 e. The monoisotopic (exact) mass is 209 g/mol. The molecule has 0 radical (unpaired) electrons. The highest BCUT2D eigenvalue weighted by molar-refractivity contribution is 6.27. The predicted octanol–water partition coefficient (Wildman–Crippen LogP) is 2.08. The first-order chi connectivity index (χ1) is 6.72. The summed E-state index contributed by atoms with van der Waals surface area (Å²) in [6, 6.07) is 6.18. The van der Waals surface area contributed by atoms with Crippen LogP contribution >= 0.6 is 11.6 Å². The van der Waals surface area contributed by atoms with Crippen molar-refractivity contribution in [1.29, 1.82) is 0 Å². The zero-order valence-corrected chi connectivity index (χ0v) is 8.84. The van der Waals surface area contributed by atoms with Gasteiger partial charge in [-0.05, 0) is 23.6 Å². The molecule has 0 saturated heterocycles. The molecule has 0 aliphatic carbocycles. The molecule has 0 atom stereocenters. The molecule has 1 amide bonds. The predicted molar refractivity (Wildman–Crippen MR) is 56.2 cm³/mol. The van der Waals surface area contributed by atoms with E-state index < -0.39 is 0 Å². The van der Waals surface area contributed by atoms with Gasteiger partial charge in [0.25, 0.3) is 0 Å². The van der Waals surface area contributed by atoms with Crippen molar-refractivity contribution in [3.63, 3.8) is 0 Å². The summed E-state index contributed by atoms with van der Waals surface area (Å²) < 4.78 is 0. The molecule has 0 spiro atoms. The molecule has 2 nitrogen and oxygen atoms in total. The van der Waals surface area contributed by atoms with E-state index in [1.807, 2.05) is 6.07 Å². The van der Waals surface area contributed by atoms with Crippen LogP contribution in [0.2, 0.25) is 0 Å². The zero-order valence-electron chi connectivity index (χ0n) is 8.09. The number of fused-ring (bicyclic) bond motifs is 1. The number of carbonyl (C=O) groups is 1. The summed E-state index contributed by atoms with van der Waals surface area (Å²) in [6.07, 6.45) is 0. The van der Waals surface area contributed by atoms with Crippen LogP contribution in [0.1, 0.15) is 16.7 Å². The molecule has 14 heavy (non-hydrogen) atoms. The second-order valence-corrected chi connectivity index (χ2v) is 3.86. The third-order valence-electron chi connectivity index (χ3n) is 2.68. The van der Waals surface area contributed by atoms with E-state index >= 15 is 0 Å². The van der Waals surface area contributed by atoms with Gasteiger partial charge in [-0.3, -0.25) is 4.79 Å². The van der Waals surface area contributed by atoms with Crippen molar-refractivity contribution < 1.29 is 4.79 Å². The number of nitrogens with zero attached hydrogens (tertiary/aromatic N) is 1. The molecule has 0 unspecified atom stereocenters. The average molecular weight is 210 g/mol. The smallest absolute Gasteiger partial charge is 0.238 e. The fourth-order valence-electron chi connectivity index (χ4n) is 1.85. The van der Waals surface area contributed by atoms with Crippen LogP contribution in [0.3, 0.4) is 0 Å². The second kappa shape index (κ2) is 3.62. The van der Waals surface area contributed by atoms with Gasteiger partial charge in [0.15, 0.2) is 0 Å². The zero-order chi connectivity index (χ0) is 10.1. The summed E-state index contributed by atoms with van der Waals surface area (Å²) >= 11 is 5.52. The van der Waals surface area contributed by atoms with Gasteiger partial charge in [0.2, 0.25) is 5.91 Å². The summed E-state index contributed by atoms with van der Waals surface area (Å²) in [4.78, 5) is 13.2. The highest BCUT2D eigenvalue weighted by Gasteiger charge is 2.23. The number of amides is 1. The van der Waals surface area contributed by atoms with Gasteiger partial charge in [-0.2, -0.15) is 0 Å². The molecule has 1 aliphatic heterocycles. The number of aryl methyl sites for hydroxylation is 1. The Hall–Kier alpha value is -1.02. The molecule has 1 aromatic rings. The number of hydrogen-bond acceptors (Lipinski definition) is 1. The van der Waals surface area contributed by atoms with E-state index in [-0.39, 0.29) is 11.8 Å². The Kier molecular flexibility index (Phi) is 2.46. The molecule has 2 rings (SSSR count). The van der Waals surface area contributed by atoms with Crippen molar-refractivity contribution >= 4 is 17.5 Å². The topological polar surface area (TPSA) is 20.3 Å². The fourth-order valence-corrected chi connectivity index (χ4v) is 2.02. The second-order valence-electron chi connectivity index (χ2n) is 3.60. The van der Waals surface area contributed by atoms with Crippen molar-refractivity contribution in [1.82, 2.24) is 4.90 Å². The van der Waals surface area contributed by atoms with Gasteiger partial charge in [-0.25, -0.2) is 0 Å². The fraction of sp³-hybridized carbons (Fsp3) is 0.364. The molecular formula is C11H12ClNO. The van der Waals surface area contributed by atoms with Crippen LogP contribution in [0.4, 0.5) is 0 Å². The van der Waals surface area contributed by atoms with Crippen LogP contribution in [0, 0.1) is 6.92 Å². The van der Waals surface area contributed by atoms with Crippen LogP contribution in [0.25, 0.3) is 0 Å². The van der Waals surface area contributed by atoms with E-state index in [9.17, 15) is 4.79 Å². The first-order valence-corrected chi connectivity index (χ1v) is 5.17. The van der Waals surface area contributed by atoms with Crippen molar-refractivity contribution in [2.24, 2.45) is 0 Å². The lowest BCUT2D eigenvalue weighted by molar-refractivity contribution is -0.129. The van der Waals surface area contributed by atoms with Gasteiger partial charge in [0.05, 0.1) is 0 Å². The van der Waals surface area contributed by atoms with Crippen molar-refractivity contribution in [2.45, 2.75) is 20.0 Å². The molecule has 3 heteroatoms. The Bertz CT molecular complexity index is 376. The van der Waals surface area contributed by atoms with Crippen molar-refractivity contribution in [3.8, 4) is 0 Å². The Labute approximate surface area is 88.5 Å². The Balaban J connectivity index is 2.26. The largest absolute Gasteiger partial charge is 0.333 e. The van der Waals surface area contributed by atoms with Gasteiger partial charge >= 0.3 is 0 Å². The molecule has 1 aromatic carbocycles. The number of rotatable bonds is 1. The quantitative estimate of drug-likeness (QED) is 0.649. The lowest BCUT2D eigenvalue weighted by Gasteiger charge is -2.12. The van der Waals surface area contributed by atoms with E-state index in [0.29, 0.717) is 13.1 Å². The number of alkyl halides is 1. The van der Waals surface area contributed by atoms with Gasteiger partial charge in [-0.1, -0.05) is 18.2 Å². The van der Waals surface area contributed by atoms with Crippen molar-refractivity contribution in [2.75, 3.05) is 5.88 Å². The van der Waals surface area contributed by atoms with Crippen molar-refractivity contribution in [3.05, 3.63) is 34.9 Å². The molecule has 0 fully saturated rings. The average Bonchev–Trinajstić information content (AvgIpc) is 2.62. The highest BCUT2D eigenvalue weighted by atomic mass is 35.5. The van der Waals surface area contributed by atoms with Gasteiger partial charge < -0.3 is 4.90 Å². The van der Waals surface area contributed by atoms with Crippen LogP contribution in [-0.4, -0.2) is 16.7 Å². The van der Waals surface area contributed by atoms with E-state index in [0.717, 1.165) is 0 Å². The van der Waals surface area contributed by atoms with Crippen LogP contribution in [0.15, 0.2) is 18.2 Å². The molecule has 1 heterocycles. The number of carbonyl (C=O) groups excluding carboxylic acids is 1. The molecule has 0 bridgehead atoms. The Morgan fingerprint density at radius 2 is 2.29 bits per heavy atom. The third kappa shape index (κ3) is 1.50. The first kappa shape index (κ1) is 9.53. The Morgan fingerprint density at radius 3 is 2.93 bits per heavy atom. The summed E-state index contributed by atoms with van der Waals surface area (Å²) in [5, 5.41) is 0. The minimum atomic E-state index is 0.0160. The van der Waals surface area contributed by atoms with Gasteiger partial charge in [0.1, 0.15) is 5.88 Å². The SMILES string of the molecule is Cc1cccc2c1CN(C(=O)CCl)C2. The molecule has 0 N–H and O–H groups in total. The first-order valence-electron chi connectivity index (χ1n) is 4.63. The lowest BCUT2D eigenvalue weighted by Crippen LogP contribution is -2.26. The van der Waals surface area contributed by atoms with E-state index in [4.69, 9.17) is 11.6 Å². The van der Waals surface area contributed by atoms with Crippen LogP contribution < -0.4 is 0 Å². The minimum Gasteiger partial charge on any atom is -0.333 e. The summed E-state index contributed by atoms with van der Waals surface area (Å²) in [6.45, 7) is 3.50. The maximum absolute atomic E-state index is 11.4. The molecule has 74 valence electrons. The number of benzene rings is 1. The normalized spacial score (nSPS) is 14.3. The van der Waals surface area contributed by atoms with E-state index in [1.54, 1.807) is 4.90 Å². The van der Waals surface area contributed by atoms with Gasteiger partial charge in [0, 0.05) is 13.1 Å². The van der Waals surface area contributed by atoms with E-state index in [2.05, 4.69) is 19.1 Å². The lowest BCUT2D eigenvalue weighted by atomic mass is 10.1. The van der Waals surface area contributed by atoms with Crippen LogP contribution in [-0.2, 0) is 17.9 Å². The molecule has 1 aliphatic rings. The highest BCUT2D eigenvalue weighted by Crippen LogP contribution is 2.25. The standard InChI is InChI=1S/C11H12ClNO/c1-8-3-2-4-9-6-13(7-10(8)9)11(14)5-12/h2-4H,5-7H2,1H3. The summed E-state index contributed by atoms with van der Waals surface area (Å²) in [5.41, 5.74) is 3.79. The maximum atomic E-state index is 11.4. The third-order valence-corrected chi connectivity index (χ3v) is 2.91. The van der Waals surface area contributed by atoms with E-state index in [1.165, 1.54) is 16.7 Å². The number of hydrogen-bond donors (Lipinski definition) is 0.